The van der Waals surface area contributed by atoms with Crippen molar-refractivity contribution in [2.24, 2.45) is 0 Å². The molecule has 2 heterocycles. The van der Waals surface area contributed by atoms with Crippen molar-refractivity contribution in [3.63, 3.8) is 0 Å². The first-order chi connectivity index (χ1) is 14.0. The minimum Gasteiger partial charge on any atom is -0.423 e. The van der Waals surface area contributed by atoms with Crippen molar-refractivity contribution in [2.75, 3.05) is 18.4 Å². The topological polar surface area (TPSA) is 73.5 Å². The summed E-state index contributed by atoms with van der Waals surface area (Å²) >= 11 is 0. The molecule has 0 saturated carbocycles. The van der Waals surface area contributed by atoms with Crippen molar-refractivity contribution < 1.29 is 36.0 Å². The van der Waals surface area contributed by atoms with Crippen LogP contribution >= 0.6 is 0 Å². The third-order valence-electron chi connectivity index (χ3n) is 3.76. The van der Waals surface area contributed by atoms with Gasteiger partial charge in [0.25, 0.3) is 5.56 Å². The van der Waals surface area contributed by atoms with Gasteiger partial charge in [0.1, 0.15) is 0 Å². The number of nitrogens with zero attached hydrogens (tertiary/aromatic N) is 3. The van der Waals surface area contributed by atoms with Gasteiger partial charge in [-0.2, -0.15) is 8.78 Å². The summed E-state index contributed by atoms with van der Waals surface area (Å²) in [5.41, 5.74) is -4.08. The number of alkyl halides is 4. The normalized spacial score (nSPS) is 14.2. The van der Waals surface area contributed by atoms with Crippen LogP contribution in [0.25, 0.3) is 5.69 Å². The third kappa shape index (κ3) is 3.88. The van der Waals surface area contributed by atoms with Gasteiger partial charge in [-0.15, -0.1) is 11.2 Å². The van der Waals surface area contributed by atoms with Crippen molar-refractivity contribution in [1.82, 2.24) is 9.36 Å². The Labute approximate surface area is 163 Å². The Morgan fingerprint density at radius 3 is 2.30 bits per heavy atom. The molecule has 3 rings (SSSR count). The number of rotatable bonds is 2. The molecule has 0 aliphatic carbocycles. The summed E-state index contributed by atoms with van der Waals surface area (Å²) in [6, 6.07) is 1.91. The lowest BCUT2D eigenvalue weighted by Crippen LogP contribution is -2.51. The Hall–Kier alpha value is -3.69. The predicted molar refractivity (Wildman–Crippen MR) is 91.3 cm³/mol. The van der Waals surface area contributed by atoms with Crippen LogP contribution < -0.4 is 20.9 Å². The van der Waals surface area contributed by atoms with E-state index in [4.69, 9.17) is 6.42 Å². The summed E-state index contributed by atoms with van der Waals surface area (Å²) in [6.45, 7) is -1.23. The molecule has 30 heavy (non-hydrogen) atoms. The van der Waals surface area contributed by atoms with Gasteiger partial charge in [0, 0.05) is 12.1 Å². The first-order valence-corrected chi connectivity index (χ1v) is 7.80. The van der Waals surface area contributed by atoms with Crippen LogP contribution in [-0.4, -0.2) is 34.8 Å². The number of halogens is 6. The van der Waals surface area contributed by atoms with E-state index in [2.05, 4.69) is 4.74 Å². The van der Waals surface area contributed by atoms with Crippen molar-refractivity contribution >= 4 is 11.6 Å². The Morgan fingerprint density at radius 2 is 1.73 bits per heavy atom. The second kappa shape index (κ2) is 8.36. The monoisotopic (exact) mass is 435 g/mol. The zero-order valence-electron chi connectivity index (χ0n) is 15.0. The number of aryl methyl sites for hydroxylation is 1. The summed E-state index contributed by atoms with van der Waals surface area (Å²) in [6.07, 6.45) is 0.782. The first kappa shape index (κ1) is 22.6. The van der Waals surface area contributed by atoms with Crippen LogP contribution in [0.2, 0.25) is 0 Å². The maximum Gasteiger partial charge on any atom is 0.483 e. The van der Waals surface area contributed by atoms with Gasteiger partial charge >= 0.3 is 17.7 Å². The lowest BCUT2D eigenvalue weighted by molar-refractivity contribution is -0.192. The standard InChI is InChI=1S/C16H9F4N3O4.CH2F2/c1-3-4-21-11-7-10(22-13(24)5-8(2)23(20)15(22)26)9(17)6-12(11)27-16(18,19)14(21)25;2-1-3/h1,5-7H,4H2,2H3;1H2. The molecule has 0 saturated heterocycles. The van der Waals surface area contributed by atoms with Crippen molar-refractivity contribution in [3.8, 4) is 23.8 Å². The summed E-state index contributed by atoms with van der Waals surface area (Å²) in [7, 11) is 0. The van der Waals surface area contributed by atoms with E-state index in [1.54, 1.807) is 0 Å². The van der Waals surface area contributed by atoms with E-state index in [-0.39, 0.29) is 10.3 Å². The highest BCUT2D eigenvalue weighted by atomic mass is 19.3. The molecule has 1 aromatic heterocycles. The van der Waals surface area contributed by atoms with Crippen LogP contribution in [0.3, 0.4) is 0 Å². The molecular formula is C17H11F6N3O4. The molecule has 160 valence electrons. The molecule has 0 fully saturated rings. The molecule has 0 atom stereocenters. The van der Waals surface area contributed by atoms with Crippen molar-refractivity contribution in [1.29, 1.82) is 0 Å². The number of ether oxygens (including phenoxy) is 1. The molecule has 1 aliphatic rings. The Morgan fingerprint density at radius 1 is 1.13 bits per heavy atom. The molecule has 1 amide bonds. The van der Waals surface area contributed by atoms with Crippen LogP contribution in [0, 0.1) is 25.1 Å². The molecule has 2 aromatic rings. The van der Waals surface area contributed by atoms with E-state index in [9.17, 15) is 40.8 Å². The number of hydrogen-bond donors (Lipinski definition) is 0. The number of hydrogen-bond acceptors (Lipinski definition) is 4. The number of amides is 1. The molecule has 0 spiro atoms. The quantitative estimate of drug-likeness (QED) is 0.535. The molecule has 1 aromatic carbocycles. The molecule has 7 nitrogen and oxygen atoms in total. The molecule has 0 radical (unpaired) electrons. The van der Waals surface area contributed by atoms with Gasteiger partial charge in [0.15, 0.2) is 11.6 Å². The SMILES string of the molecule is C#CCN1C(=O)C(F)(F)Oc2cc(F)c(-n3c(=O)cc(C)n(F)c3=O)cc21.FCF. The minimum absolute atomic E-state index is 0.147. The average molecular weight is 435 g/mol. The van der Waals surface area contributed by atoms with E-state index in [0.717, 1.165) is 19.1 Å². The van der Waals surface area contributed by atoms with Gasteiger partial charge in [-0.1, -0.05) is 10.4 Å². The van der Waals surface area contributed by atoms with Gasteiger partial charge in [-0.25, -0.2) is 22.5 Å². The molecular weight excluding hydrogens is 424 g/mol. The lowest BCUT2D eigenvalue weighted by Gasteiger charge is -2.32. The fraction of sp³-hybridized carbons (Fsp3) is 0.235. The van der Waals surface area contributed by atoms with E-state index in [1.165, 1.54) is 0 Å². The maximum absolute atomic E-state index is 14.4. The average Bonchev–Trinajstić information content (AvgIpc) is 2.65. The van der Waals surface area contributed by atoms with Gasteiger partial charge in [0.05, 0.1) is 23.6 Å². The van der Waals surface area contributed by atoms with Crippen LogP contribution in [-0.2, 0) is 4.79 Å². The largest absolute Gasteiger partial charge is 0.483 e. The van der Waals surface area contributed by atoms with Gasteiger partial charge < -0.3 is 4.74 Å². The molecule has 13 heteroatoms. The van der Waals surface area contributed by atoms with Crippen LogP contribution in [0.1, 0.15) is 5.69 Å². The summed E-state index contributed by atoms with van der Waals surface area (Å²) < 4.78 is 79.2. The summed E-state index contributed by atoms with van der Waals surface area (Å²) in [5, 5.41) is 0. The van der Waals surface area contributed by atoms with Crippen molar-refractivity contribution in [3.05, 3.63) is 50.5 Å². The van der Waals surface area contributed by atoms with E-state index in [1.807, 2.05) is 5.92 Å². The smallest absolute Gasteiger partial charge is 0.423 e. The molecule has 0 unspecified atom stereocenters. The van der Waals surface area contributed by atoms with Gasteiger partial charge in [-0.3, -0.25) is 14.5 Å². The highest BCUT2D eigenvalue weighted by Gasteiger charge is 2.50. The van der Waals surface area contributed by atoms with Crippen molar-refractivity contribution in [2.45, 2.75) is 13.0 Å². The second-order valence-electron chi connectivity index (χ2n) is 5.61. The fourth-order valence-corrected chi connectivity index (χ4v) is 2.55. The number of fused-ring (bicyclic) bond motifs is 1. The number of anilines is 1. The number of terminal acetylenes is 1. The van der Waals surface area contributed by atoms with Gasteiger partial charge in [0.2, 0.25) is 6.93 Å². The number of benzene rings is 1. The van der Waals surface area contributed by atoms with Crippen LogP contribution in [0.4, 0.5) is 32.1 Å². The zero-order chi connectivity index (χ0) is 22.8. The highest BCUT2D eigenvalue weighted by Crippen LogP contribution is 2.41. The predicted octanol–water partition coefficient (Wildman–Crippen LogP) is 2.01. The first-order valence-electron chi connectivity index (χ1n) is 7.80. The molecule has 0 bridgehead atoms. The minimum atomic E-state index is -4.29. The lowest BCUT2D eigenvalue weighted by atomic mass is 10.2. The number of carbonyl (C=O) groups is 1. The van der Waals surface area contributed by atoms with Crippen LogP contribution in [0.5, 0.6) is 5.75 Å². The maximum atomic E-state index is 14.4. The summed E-state index contributed by atoms with van der Waals surface area (Å²) in [4.78, 5) is 36.0. The van der Waals surface area contributed by atoms with Gasteiger partial charge in [-0.05, 0) is 13.0 Å². The summed E-state index contributed by atoms with van der Waals surface area (Å²) in [5.74, 6) is -1.90. The van der Waals surface area contributed by atoms with E-state index >= 15 is 0 Å². The number of carbonyl (C=O) groups excluding carboxylic acids is 1. The van der Waals surface area contributed by atoms with E-state index in [0.29, 0.717) is 11.0 Å². The molecule has 1 aliphatic heterocycles. The fourth-order valence-electron chi connectivity index (χ4n) is 2.55. The Balaban J connectivity index is 0.00000101. The second-order valence-corrected chi connectivity index (χ2v) is 5.61. The van der Waals surface area contributed by atoms with E-state index < -0.39 is 64.5 Å². The Kier molecular flexibility index (Phi) is 6.29. The third-order valence-corrected chi connectivity index (χ3v) is 3.76. The molecule has 0 N–H and O–H groups in total. The zero-order valence-corrected chi connectivity index (χ0v) is 15.0. The highest BCUT2D eigenvalue weighted by molar-refractivity contribution is 6.01. The van der Waals surface area contributed by atoms with Crippen LogP contribution in [0.15, 0.2) is 27.8 Å². The number of aromatic nitrogens is 2. The Bertz CT molecular complexity index is 1150.